The van der Waals surface area contributed by atoms with Gasteiger partial charge in [0.1, 0.15) is 0 Å². The summed E-state index contributed by atoms with van der Waals surface area (Å²) in [7, 11) is 0. The van der Waals surface area contributed by atoms with Crippen molar-refractivity contribution in [1.29, 1.82) is 0 Å². The second-order valence-corrected chi connectivity index (χ2v) is 2.97. The summed E-state index contributed by atoms with van der Waals surface area (Å²) in [6, 6.07) is 8.36. The van der Waals surface area contributed by atoms with Gasteiger partial charge in [-0.1, -0.05) is 30.3 Å². The Labute approximate surface area is 84.9 Å². The van der Waals surface area contributed by atoms with E-state index in [1.807, 2.05) is 0 Å². The number of hydrogen-bond acceptors (Lipinski definition) is 1. The lowest BCUT2D eigenvalue weighted by atomic mass is 10.1. The summed E-state index contributed by atoms with van der Waals surface area (Å²) in [6.45, 7) is 7.46. The molecule has 1 rings (SSSR count). The van der Waals surface area contributed by atoms with E-state index in [0.717, 1.165) is 0 Å². The van der Waals surface area contributed by atoms with Crippen LogP contribution in [0, 0.1) is 13.8 Å². The quantitative estimate of drug-likeness (QED) is 0.731. The molecule has 1 aromatic carbocycles. The molecule has 0 saturated heterocycles. The zero-order valence-corrected chi connectivity index (χ0v) is 8.66. The van der Waals surface area contributed by atoms with Gasteiger partial charge in [0.15, 0.2) is 0 Å². The zero-order chi connectivity index (χ0) is 11.0. The maximum absolute atomic E-state index is 9.53. The van der Waals surface area contributed by atoms with E-state index in [4.69, 9.17) is 5.11 Å². The van der Waals surface area contributed by atoms with Gasteiger partial charge < -0.3 is 5.11 Å². The normalized spacial score (nSPS) is 8.43. The van der Waals surface area contributed by atoms with Crippen LogP contribution in [0.2, 0.25) is 0 Å². The van der Waals surface area contributed by atoms with Crippen molar-refractivity contribution >= 4 is 5.97 Å². The van der Waals surface area contributed by atoms with Crippen molar-refractivity contribution in [3.8, 4) is 0 Å². The molecule has 14 heavy (non-hydrogen) atoms. The summed E-state index contributed by atoms with van der Waals surface area (Å²) in [5, 5.41) is 7.84. The summed E-state index contributed by atoms with van der Waals surface area (Å²) >= 11 is 0. The lowest BCUT2D eigenvalue weighted by molar-refractivity contribution is -0.135. The summed E-state index contributed by atoms with van der Waals surface area (Å²) in [5.41, 5.74) is 2.74. The topological polar surface area (TPSA) is 37.3 Å². The van der Waals surface area contributed by atoms with E-state index >= 15 is 0 Å². The number of hydrogen-bond donors (Lipinski definition) is 1. The fourth-order valence-electron chi connectivity index (χ4n) is 0.786. The minimum Gasteiger partial charge on any atom is -0.481 e. The van der Waals surface area contributed by atoms with Gasteiger partial charge in [-0.25, -0.2) is 0 Å². The summed E-state index contributed by atoms with van der Waals surface area (Å²) in [5.74, 6) is -0.829. The van der Waals surface area contributed by atoms with Crippen LogP contribution in [0.25, 0.3) is 0 Å². The molecule has 2 heteroatoms. The van der Waals surface area contributed by atoms with Gasteiger partial charge in [-0.15, -0.1) is 6.58 Å². The lowest BCUT2D eigenvalue weighted by Crippen LogP contribution is -1.88. The standard InChI is InChI=1S/C8H10.C4H6O2/c1-7-5-3-4-6-8(7)2;1-2-3-4(5)6/h3-6H,1-2H3;2H,1,3H2,(H,5,6). The highest BCUT2D eigenvalue weighted by atomic mass is 16.4. The van der Waals surface area contributed by atoms with E-state index in [1.165, 1.54) is 17.2 Å². The Morgan fingerprint density at radius 1 is 1.36 bits per heavy atom. The molecule has 0 unspecified atom stereocenters. The fourth-order valence-corrected chi connectivity index (χ4v) is 0.786. The number of benzene rings is 1. The minimum absolute atomic E-state index is 0.0556. The van der Waals surface area contributed by atoms with E-state index in [9.17, 15) is 4.79 Å². The van der Waals surface area contributed by atoms with E-state index in [-0.39, 0.29) is 6.42 Å². The van der Waals surface area contributed by atoms with Crippen LogP contribution >= 0.6 is 0 Å². The van der Waals surface area contributed by atoms with Crippen LogP contribution in [0.4, 0.5) is 0 Å². The Bertz CT molecular complexity index is 282. The van der Waals surface area contributed by atoms with Gasteiger partial charge in [0.2, 0.25) is 0 Å². The molecule has 0 heterocycles. The molecule has 0 spiro atoms. The molecule has 0 saturated carbocycles. The highest BCUT2D eigenvalue weighted by molar-refractivity contribution is 5.68. The van der Waals surface area contributed by atoms with Crippen molar-refractivity contribution in [3.05, 3.63) is 48.0 Å². The molecule has 0 atom stereocenters. The first-order chi connectivity index (χ1) is 6.57. The molecular weight excluding hydrogens is 176 g/mol. The Kier molecular flexibility index (Phi) is 6.12. The highest BCUT2D eigenvalue weighted by Gasteiger charge is 1.84. The maximum atomic E-state index is 9.53. The van der Waals surface area contributed by atoms with Crippen molar-refractivity contribution in [2.45, 2.75) is 20.3 Å². The Balaban J connectivity index is 0.000000255. The number of carbonyl (C=O) groups is 1. The largest absolute Gasteiger partial charge is 0.481 e. The lowest BCUT2D eigenvalue weighted by Gasteiger charge is -1.93. The highest BCUT2D eigenvalue weighted by Crippen LogP contribution is 2.02. The van der Waals surface area contributed by atoms with Crippen LogP contribution in [-0.4, -0.2) is 11.1 Å². The van der Waals surface area contributed by atoms with Crippen molar-refractivity contribution in [2.75, 3.05) is 0 Å². The average Bonchev–Trinajstić information content (AvgIpc) is 2.11. The number of carboxylic acids is 1. The summed E-state index contributed by atoms with van der Waals surface area (Å²) in [4.78, 5) is 9.53. The van der Waals surface area contributed by atoms with E-state index in [0.29, 0.717) is 0 Å². The number of carboxylic acid groups (broad SMARTS) is 1. The molecule has 0 bridgehead atoms. The molecule has 1 aromatic rings. The number of aryl methyl sites for hydroxylation is 2. The predicted octanol–water partition coefficient (Wildman–Crippen LogP) is 2.95. The van der Waals surface area contributed by atoms with Crippen LogP contribution in [0.15, 0.2) is 36.9 Å². The van der Waals surface area contributed by atoms with Crippen molar-refractivity contribution in [3.63, 3.8) is 0 Å². The van der Waals surface area contributed by atoms with Gasteiger partial charge in [-0.05, 0) is 25.0 Å². The molecular formula is C12H16O2. The fraction of sp³-hybridized carbons (Fsp3) is 0.250. The van der Waals surface area contributed by atoms with Crippen LogP contribution in [0.1, 0.15) is 17.5 Å². The predicted molar refractivity (Wildman–Crippen MR) is 58.4 cm³/mol. The molecule has 76 valence electrons. The molecule has 0 amide bonds. The third-order valence-electron chi connectivity index (χ3n) is 1.74. The maximum Gasteiger partial charge on any atom is 0.307 e. The molecule has 0 aliphatic heterocycles. The average molecular weight is 192 g/mol. The molecule has 1 N–H and O–H groups in total. The van der Waals surface area contributed by atoms with Gasteiger partial charge in [0.05, 0.1) is 6.42 Å². The Morgan fingerprint density at radius 2 is 1.79 bits per heavy atom. The molecule has 2 nitrogen and oxygen atoms in total. The Hall–Kier alpha value is -1.57. The summed E-state index contributed by atoms with van der Waals surface area (Å²) in [6.07, 6.45) is 1.41. The van der Waals surface area contributed by atoms with Crippen LogP contribution in [0.5, 0.6) is 0 Å². The second kappa shape index (κ2) is 6.89. The SMILES string of the molecule is C=CCC(=O)O.Cc1ccccc1C. The van der Waals surface area contributed by atoms with Crippen molar-refractivity contribution in [2.24, 2.45) is 0 Å². The van der Waals surface area contributed by atoms with E-state index < -0.39 is 5.97 Å². The van der Waals surface area contributed by atoms with Gasteiger partial charge >= 0.3 is 5.97 Å². The van der Waals surface area contributed by atoms with Gasteiger partial charge in [-0.3, -0.25) is 4.79 Å². The summed E-state index contributed by atoms with van der Waals surface area (Å²) < 4.78 is 0. The van der Waals surface area contributed by atoms with Crippen LogP contribution in [-0.2, 0) is 4.79 Å². The smallest absolute Gasteiger partial charge is 0.307 e. The Morgan fingerprint density at radius 3 is 1.93 bits per heavy atom. The molecule has 0 fully saturated rings. The first-order valence-corrected chi connectivity index (χ1v) is 4.43. The number of aliphatic carboxylic acids is 1. The molecule has 0 aliphatic rings. The monoisotopic (exact) mass is 192 g/mol. The second-order valence-electron chi connectivity index (χ2n) is 2.97. The van der Waals surface area contributed by atoms with Crippen molar-refractivity contribution in [1.82, 2.24) is 0 Å². The first kappa shape index (κ1) is 12.4. The van der Waals surface area contributed by atoms with Crippen LogP contribution < -0.4 is 0 Å². The van der Waals surface area contributed by atoms with E-state index in [1.54, 1.807) is 0 Å². The molecule has 0 aromatic heterocycles. The van der Waals surface area contributed by atoms with Crippen molar-refractivity contribution < 1.29 is 9.90 Å². The number of rotatable bonds is 2. The third-order valence-corrected chi connectivity index (χ3v) is 1.74. The third kappa shape index (κ3) is 6.00. The van der Waals surface area contributed by atoms with Gasteiger partial charge in [0.25, 0.3) is 0 Å². The van der Waals surface area contributed by atoms with E-state index in [2.05, 4.69) is 44.7 Å². The van der Waals surface area contributed by atoms with Crippen LogP contribution in [0.3, 0.4) is 0 Å². The molecule has 0 radical (unpaired) electrons. The van der Waals surface area contributed by atoms with Gasteiger partial charge in [0, 0.05) is 0 Å². The van der Waals surface area contributed by atoms with Gasteiger partial charge in [-0.2, -0.15) is 0 Å². The minimum atomic E-state index is -0.829. The molecule has 0 aliphatic carbocycles. The zero-order valence-electron chi connectivity index (χ0n) is 8.66. The first-order valence-electron chi connectivity index (χ1n) is 4.43.